The Morgan fingerprint density at radius 3 is 2.52 bits per heavy atom. The summed E-state index contributed by atoms with van der Waals surface area (Å²) in [6, 6.07) is 18.8. The van der Waals surface area contributed by atoms with Crippen LogP contribution in [0.4, 0.5) is 5.69 Å². The number of rotatable bonds is 5. The summed E-state index contributed by atoms with van der Waals surface area (Å²) in [7, 11) is -2.37. The topological polar surface area (TPSA) is 75.7 Å². The molecule has 1 aliphatic heterocycles. The number of amides is 1. The fourth-order valence-electron chi connectivity index (χ4n) is 3.59. The predicted octanol–water partition coefficient (Wildman–Crippen LogP) is 4.35. The van der Waals surface area contributed by atoms with E-state index < -0.39 is 10.0 Å². The Hall–Kier alpha value is -3.03. The molecule has 0 bridgehead atoms. The van der Waals surface area contributed by atoms with Crippen molar-refractivity contribution in [2.75, 3.05) is 18.4 Å². The summed E-state index contributed by atoms with van der Waals surface area (Å²) in [6.45, 7) is 1.04. The van der Waals surface area contributed by atoms with Crippen LogP contribution in [0.25, 0.3) is 0 Å². The zero-order chi connectivity index (χ0) is 22.0. The van der Waals surface area contributed by atoms with Crippen molar-refractivity contribution >= 4 is 33.2 Å². The van der Waals surface area contributed by atoms with Crippen LogP contribution >= 0.6 is 11.6 Å². The van der Waals surface area contributed by atoms with Gasteiger partial charge in [-0.25, -0.2) is 8.42 Å². The number of fused-ring (bicyclic) bond motifs is 1. The van der Waals surface area contributed by atoms with Gasteiger partial charge >= 0.3 is 0 Å². The Bertz CT molecular complexity index is 1230. The summed E-state index contributed by atoms with van der Waals surface area (Å²) in [5, 5.41) is 0.214. The van der Waals surface area contributed by atoms with Gasteiger partial charge in [0.25, 0.3) is 15.9 Å². The molecule has 1 amide bonds. The summed E-state index contributed by atoms with van der Waals surface area (Å²) in [5.41, 5.74) is 3.09. The molecule has 1 N–H and O–H groups in total. The Kier molecular flexibility index (Phi) is 5.89. The quantitative estimate of drug-likeness (QED) is 0.619. The van der Waals surface area contributed by atoms with Gasteiger partial charge in [0.1, 0.15) is 5.75 Å². The number of halogens is 1. The van der Waals surface area contributed by atoms with Crippen LogP contribution in [0.5, 0.6) is 5.75 Å². The van der Waals surface area contributed by atoms with Crippen LogP contribution in [0.15, 0.2) is 71.6 Å². The van der Waals surface area contributed by atoms with Gasteiger partial charge in [-0.05, 0) is 60.0 Å². The van der Waals surface area contributed by atoms with Crippen LogP contribution in [0, 0.1) is 0 Å². The summed E-state index contributed by atoms with van der Waals surface area (Å²) in [4.78, 5) is 14.6. The summed E-state index contributed by atoms with van der Waals surface area (Å²) < 4.78 is 33.3. The monoisotopic (exact) mass is 456 g/mol. The standard InChI is InChI=1S/C23H21ClN2O4S/c1-30-22-10-9-20(14-21(22)24)31(28,29)25-19-8-7-16-11-12-26(15-18(16)13-19)23(27)17-5-3-2-4-6-17/h2-10,13-14,25H,11-12,15H2,1H3. The zero-order valence-corrected chi connectivity index (χ0v) is 18.4. The van der Waals surface area contributed by atoms with E-state index in [1.165, 1.54) is 25.3 Å². The molecule has 3 aromatic carbocycles. The van der Waals surface area contributed by atoms with Crippen molar-refractivity contribution in [3.63, 3.8) is 0 Å². The summed E-state index contributed by atoms with van der Waals surface area (Å²) in [6.07, 6.45) is 0.717. The number of hydrogen-bond donors (Lipinski definition) is 1. The molecule has 3 aromatic rings. The Morgan fingerprint density at radius 2 is 1.81 bits per heavy atom. The van der Waals surface area contributed by atoms with Crippen LogP contribution in [-0.2, 0) is 23.0 Å². The van der Waals surface area contributed by atoms with E-state index in [0.717, 1.165) is 17.5 Å². The minimum atomic E-state index is -3.83. The maximum Gasteiger partial charge on any atom is 0.261 e. The van der Waals surface area contributed by atoms with Gasteiger partial charge in [-0.2, -0.15) is 0 Å². The van der Waals surface area contributed by atoms with E-state index in [4.69, 9.17) is 16.3 Å². The van der Waals surface area contributed by atoms with Crippen LogP contribution in [0.1, 0.15) is 21.5 Å². The van der Waals surface area contributed by atoms with Gasteiger partial charge in [0.15, 0.2) is 0 Å². The summed E-state index contributed by atoms with van der Waals surface area (Å²) in [5.74, 6) is 0.364. The van der Waals surface area contributed by atoms with Gasteiger partial charge in [0.05, 0.1) is 17.0 Å². The molecule has 0 radical (unpaired) electrons. The number of ether oxygens (including phenoxy) is 1. The molecule has 8 heteroatoms. The molecule has 0 unspecified atom stereocenters. The third-order valence-corrected chi connectivity index (χ3v) is 6.89. The number of hydrogen-bond acceptors (Lipinski definition) is 4. The van der Waals surface area contributed by atoms with Gasteiger partial charge in [0, 0.05) is 24.3 Å². The molecule has 160 valence electrons. The molecule has 4 rings (SSSR count). The lowest BCUT2D eigenvalue weighted by Crippen LogP contribution is -2.36. The average molecular weight is 457 g/mol. The molecule has 0 saturated heterocycles. The van der Waals surface area contributed by atoms with E-state index in [1.807, 2.05) is 24.3 Å². The highest BCUT2D eigenvalue weighted by Crippen LogP contribution is 2.29. The molecule has 0 aromatic heterocycles. The third kappa shape index (κ3) is 4.52. The number of nitrogens with zero attached hydrogens (tertiary/aromatic N) is 1. The van der Waals surface area contributed by atoms with E-state index in [0.29, 0.717) is 30.1 Å². The predicted molar refractivity (Wildman–Crippen MR) is 120 cm³/mol. The fraction of sp³-hybridized carbons (Fsp3) is 0.174. The molecule has 0 spiro atoms. The highest BCUT2D eigenvalue weighted by atomic mass is 35.5. The second kappa shape index (κ2) is 8.61. The maximum atomic E-state index is 12.8. The largest absolute Gasteiger partial charge is 0.495 e. The van der Waals surface area contributed by atoms with Gasteiger partial charge < -0.3 is 9.64 Å². The van der Waals surface area contributed by atoms with Crippen molar-refractivity contribution in [3.8, 4) is 5.75 Å². The van der Waals surface area contributed by atoms with Crippen molar-refractivity contribution in [3.05, 3.63) is 88.4 Å². The minimum Gasteiger partial charge on any atom is -0.495 e. The van der Waals surface area contributed by atoms with Crippen molar-refractivity contribution in [2.45, 2.75) is 17.9 Å². The smallest absolute Gasteiger partial charge is 0.261 e. The van der Waals surface area contributed by atoms with Gasteiger partial charge in [-0.15, -0.1) is 0 Å². The summed E-state index contributed by atoms with van der Waals surface area (Å²) >= 11 is 6.07. The second-order valence-electron chi connectivity index (χ2n) is 7.23. The molecule has 31 heavy (non-hydrogen) atoms. The molecular weight excluding hydrogens is 436 g/mol. The van der Waals surface area contributed by atoms with Crippen LogP contribution in [0.2, 0.25) is 5.02 Å². The Labute approximate surface area is 186 Å². The number of benzene rings is 3. The van der Waals surface area contributed by atoms with Gasteiger partial charge in [-0.1, -0.05) is 35.9 Å². The maximum absolute atomic E-state index is 12.8. The Balaban J connectivity index is 1.54. The molecule has 0 aliphatic carbocycles. The third-order valence-electron chi connectivity index (χ3n) is 5.21. The van der Waals surface area contributed by atoms with Crippen LogP contribution in [-0.4, -0.2) is 32.9 Å². The van der Waals surface area contributed by atoms with Crippen molar-refractivity contribution in [2.24, 2.45) is 0 Å². The minimum absolute atomic E-state index is 0.0369. The van der Waals surface area contributed by atoms with Gasteiger partial charge in [-0.3, -0.25) is 9.52 Å². The van der Waals surface area contributed by atoms with Gasteiger partial charge in [0.2, 0.25) is 0 Å². The number of sulfonamides is 1. The van der Waals surface area contributed by atoms with Crippen molar-refractivity contribution < 1.29 is 17.9 Å². The van der Waals surface area contributed by atoms with Crippen molar-refractivity contribution in [1.29, 1.82) is 0 Å². The first-order valence-electron chi connectivity index (χ1n) is 9.70. The van der Waals surface area contributed by atoms with E-state index in [9.17, 15) is 13.2 Å². The van der Waals surface area contributed by atoms with Crippen LogP contribution in [0.3, 0.4) is 0 Å². The lowest BCUT2D eigenvalue weighted by molar-refractivity contribution is 0.0734. The SMILES string of the molecule is COc1ccc(S(=O)(=O)Nc2ccc3c(c2)CN(C(=O)c2ccccc2)CC3)cc1Cl. The first kappa shape index (κ1) is 21.2. The number of anilines is 1. The first-order valence-corrected chi connectivity index (χ1v) is 11.6. The normalized spacial score (nSPS) is 13.4. The molecule has 1 aliphatic rings. The molecule has 0 saturated carbocycles. The zero-order valence-electron chi connectivity index (χ0n) is 16.8. The Morgan fingerprint density at radius 1 is 1.03 bits per heavy atom. The fourth-order valence-corrected chi connectivity index (χ4v) is 4.98. The highest BCUT2D eigenvalue weighted by molar-refractivity contribution is 7.92. The lowest BCUT2D eigenvalue weighted by Gasteiger charge is -2.29. The lowest BCUT2D eigenvalue weighted by atomic mass is 9.98. The molecular formula is C23H21ClN2O4S. The highest BCUT2D eigenvalue weighted by Gasteiger charge is 2.23. The van der Waals surface area contributed by atoms with E-state index in [-0.39, 0.29) is 15.8 Å². The van der Waals surface area contributed by atoms with E-state index >= 15 is 0 Å². The van der Waals surface area contributed by atoms with Crippen LogP contribution < -0.4 is 9.46 Å². The molecule has 1 heterocycles. The second-order valence-corrected chi connectivity index (χ2v) is 9.32. The molecule has 6 nitrogen and oxygen atoms in total. The van der Waals surface area contributed by atoms with Crippen molar-refractivity contribution in [1.82, 2.24) is 4.90 Å². The van der Waals surface area contributed by atoms with E-state index in [2.05, 4.69) is 4.72 Å². The number of methoxy groups -OCH3 is 1. The average Bonchev–Trinajstić information content (AvgIpc) is 2.78. The number of carbonyl (C=O) groups is 1. The first-order chi connectivity index (χ1) is 14.9. The number of carbonyl (C=O) groups excluding carboxylic acids is 1. The number of nitrogens with one attached hydrogen (secondary N) is 1. The molecule has 0 atom stereocenters. The van der Waals surface area contributed by atoms with E-state index in [1.54, 1.807) is 29.2 Å². The molecule has 0 fully saturated rings.